The monoisotopic (exact) mass is 703 g/mol. The highest BCUT2D eigenvalue weighted by atomic mass is 31.2. The van der Waals surface area contributed by atoms with E-state index in [0.29, 0.717) is 35.9 Å². The molecule has 2 N–H and O–H groups in total. The number of alkyl halides is 3. The molecule has 11 nitrogen and oxygen atoms in total. The van der Waals surface area contributed by atoms with E-state index in [1.807, 2.05) is 19.1 Å². The molecule has 49 heavy (non-hydrogen) atoms. The summed E-state index contributed by atoms with van der Waals surface area (Å²) in [5.41, 5.74) is 1.66. The molecule has 0 bridgehead atoms. The summed E-state index contributed by atoms with van der Waals surface area (Å²) in [5.74, 6) is 0.585. The number of hydrogen-bond acceptors (Lipinski definition) is 11. The zero-order valence-electron chi connectivity index (χ0n) is 28.9. The molecule has 266 valence electrons. The zero-order valence-corrected chi connectivity index (χ0v) is 29.8. The standard InChI is InChI=1S/C34H45F3N7O4P/c1-21-17-26(29(46-4)18-27(21)43-12-9-22(10-13-43)44-14-11-23(20-44)42(2)3)40-33-38-19-24(34(35,36)37)32(41-33)39-25-7-8-28-30(48-16-15-47-28)31(25)49(5,6)45/h7-8,17-19,22-23H,9-16,20H2,1-6H3,(H2,38,39,40,41)/t23-/m1/s1. The molecule has 2 saturated heterocycles. The van der Waals surface area contributed by atoms with Crippen molar-refractivity contribution in [3.8, 4) is 17.2 Å². The Morgan fingerprint density at radius 3 is 2.41 bits per heavy atom. The summed E-state index contributed by atoms with van der Waals surface area (Å²) in [6.07, 6.45) is -0.673. The van der Waals surface area contributed by atoms with Crippen LogP contribution in [0.25, 0.3) is 0 Å². The number of halogens is 3. The van der Waals surface area contributed by atoms with Gasteiger partial charge in [-0.15, -0.1) is 0 Å². The van der Waals surface area contributed by atoms with Gasteiger partial charge in [0, 0.05) is 56.2 Å². The number of fused-ring (bicyclic) bond motifs is 1. The fourth-order valence-electron chi connectivity index (χ4n) is 7.01. The highest BCUT2D eigenvalue weighted by Crippen LogP contribution is 2.47. The minimum Gasteiger partial charge on any atom is -0.494 e. The number of likely N-dealkylation sites (tertiary alicyclic amines) is 1. The van der Waals surface area contributed by atoms with Crippen LogP contribution >= 0.6 is 7.14 Å². The Morgan fingerprint density at radius 1 is 1.02 bits per heavy atom. The topological polar surface area (TPSA) is 104 Å². The van der Waals surface area contributed by atoms with Crippen LogP contribution < -0.4 is 35.0 Å². The molecule has 0 saturated carbocycles. The highest BCUT2D eigenvalue weighted by Gasteiger charge is 2.37. The van der Waals surface area contributed by atoms with Crippen LogP contribution in [0.1, 0.15) is 30.4 Å². The molecule has 0 aliphatic carbocycles. The van der Waals surface area contributed by atoms with Crippen molar-refractivity contribution >= 4 is 41.3 Å². The van der Waals surface area contributed by atoms with Gasteiger partial charge < -0.3 is 39.2 Å². The number of piperidine rings is 1. The van der Waals surface area contributed by atoms with E-state index < -0.39 is 24.7 Å². The van der Waals surface area contributed by atoms with Gasteiger partial charge in [-0.3, -0.25) is 4.90 Å². The highest BCUT2D eigenvalue weighted by molar-refractivity contribution is 7.70. The molecule has 3 aliphatic rings. The summed E-state index contributed by atoms with van der Waals surface area (Å²) < 4.78 is 73.1. The molecular formula is C34H45F3N7O4P. The maximum Gasteiger partial charge on any atom is 0.421 e. The van der Waals surface area contributed by atoms with Gasteiger partial charge >= 0.3 is 6.18 Å². The molecule has 2 fully saturated rings. The van der Waals surface area contributed by atoms with Gasteiger partial charge in [-0.2, -0.15) is 18.2 Å². The van der Waals surface area contributed by atoms with Gasteiger partial charge in [0.25, 0.3) is 0 Å². The molecular weight excluding hydrogens is 658 g/mol. The maximum absolute atomic E-state index is 14.2. The molecule has 3 aliphatic heterocycles. The molecule has 0 unspecified atom stereocenters. The molecule has 2 aromatic carbocycles. The van der Waals surface area contributed by atoms with Crippen molar-refractivity contribution in [1.82, 2.24) is 19.8 Å². The van der Waals surface area contributed by atoms with Gasteiger partial charge in [0.2, 0.25) is 5.95 Å². The van der Waals surface area contributed by atoms with Gasteiger partial charge in [-0.25, -0.2) is 4.98 Å². The third-order valence-electron chi connectivity index (χ3n) is 9.58. The number of anilines is 5. The Bertz CT molecular complexity index is 1730. The predicted molar refractivity (Wildman–Crippen MR) is 187 cm³/mol. The predicted octanol–water partition coefficient (Wildman–Crippen LogP) is 5.92. The van der Waals surface area contributed by atoms with Crippen LogP contribution in [0.15, 0.2) is 30.5 Å². The van der Waals surface area contributed by atoms with E-state index in [9.17, 15) is 17.7 Å². The SMILES string of the molecule is COc1cc(N2CCC(N3CC[C@@H](N(C)C)C3)CC2)c(C)cc1Nc1ncc(C(F)(F)F)c(Nc2ccc3c(c2P(C)(C)=O)OCCO3)n1. The van der Waals surface area contributed by atoms with Gasteiger partial charge in [-0.05, 0) is 77.4 Å². The summed E-state index contributed by atoms with van der Waals surface area (Å²) in [6, 6.07) is 8.15. The second kappa shape index (κ2) is 13.9. The fourth-order valence-corrected chi connectivity index (χ4v) is 8.38. The van der Waals surface area contributed by atoms with Crippen LogP contribution in [0.2, 0.25) is 0 Å². The summed E-state index contributed by atoms with van der Waals surface area (Å²) in [4.78, 5) is 15.6. The Balaban J connectivity index is 1.24. The van der Waals surface area contributed by atoms with Crippen molar-refractivity contribution in [2.24, 2.45) is 0 Å². The Kier molecular flexibility index (Phi) is 9.94. The number of nitrogens with one attached hydrogen (secondary N) is 2. The molecule has 0 radical (unpaired) electrons. The summed E-state index contributed by atoms with van der Waals surface area (Å²) in [5, 5.41) is 6.11. The van der Waals surface area contributed by atoms with E-state index in [1.54, 1.807) is 13.2 Å². The van der Waals surface area contributed by atoms with Crippen molar-refractivity contribution in [3.63, 3.8) is 0 Å². The summed E-state index contributed by atoms with van der Waals surface area (Å²) in [7, 11) is 2.80. The molecule has 1 aromatic heterocycles. The van der Waals surface area contributed by atoms with Crippen LogP contribution in [-0.4, -0.2) is 106 Å². The fraction of sp³-hybridized carbons (Fsp3) is 0.529. The average Bonchev–Trinajstić information content (AvgIpc) is 3.55. The number of benzene rings is 2. The van der Waals surface area contributed by atoms with E-state index in [0.717, 1.165) is 56.5 Å². The summed E-state index contributed by atoms with van der Waals surface area (Å²) >= 11 is 0. The number of aryl methyl sites for hydroxylation is 1. The van der Waals surface area contributed by atoms with E-state index in [-0.39, 0.29) is 29.3 Å². The first-order chi connectivity index (χ1) is 23.2. The number of ether oxygens (including phenoxy) is 3. The second-order valence-electron chi connectivity index (χ2n) is 13.5. The number of likely N-dealkylation sites (N-methyl/N-ethyl adjacent to an activating group) is 1. The number of methoxy groups -OCH3 is 1. The van der Waals surface area contributed by atoms with Crippen LogP contribution in [0.3, 0.4) is 0 Å². The largest absolute Gasteiger partial charge is 0.494 e. The normalized spacial score (nSPS) is 19.0. The van der Waals surface area contributed by atoms with Gasteiger partial charge in [0.15, 0.2) is 11.5 Å². The van der Waals surface area contributed by atoms with Crippen LogP contribution in [0.4, 0.5) is 42.0 Å². The molecule has 15 heteroatoms. The number of nitrogens with zero attached hydrogens (tertiary/aromatic N) is 5. The lowest BCUT2D eigenvalue weighted by molar-refractivity contribution is -0.137. The second-order valence-corrected chi connectivity index (χ2v) is 16.6. The molecule has 3 aromatic rings. The third kappa shape index (κ3) is 7.56. The van der Waals surface area contributed by atoms with Gasteiger partial charge in [-0.1, -0.05) is 0 Å². The van der Waals surface area contributed by atoms with Crippen molar-refractivity contribution in [1.29, 1.82) is 0 Å². The number of aromatic nitrogens is 2. The third-order valence-corrected chi connectivity index (χ3v) is 11.1. The van der Waals surface area contributed by atoms with E-state index in [4.69, 9.17) is 14.2 Å². The first-order valence-electron chi connectivity index (χ1n) is 16.5. The Morgan fingerprint density at radius 2 is 1.76 bits per heavy atom. The molecule has 6 rings (SSSR count). The number of hydrogen-bond donors (Lipinski definition) is 2. The lowest BCUT2D eigenvalue weighted by Gasteiger charge is -2.38. The zero-order chi connectivity index (χ0) is 35.1. The van der Waals surface area contributed by atoms with Crippen LogP contribution in [-0.2, 0) is 10.7 Å². The van der Waals surface area contributed by atoms with E-state index in [2.05, 4.69) is 49.4 Å². The Hall–Kier alpha value is -3.74. The van der Waals surface area contributed by atoms with E-state index in [1.165, 1.54) is 25.8 Å². The first-order valence-corrected chi connectivity index (χ1v) is 19.1. The molecule has 4 heterocycles. The minimum absolute atomic E-state index is 0.0707. The van der Waals surface area contributed by atoms with Gasteiger partial charge in [0.05, 0.1) is 23.8 Å². The lowest BCUT2D eigenvalue weighted by Crippen LogP contribution is -2.45. The first kappa shape index (κ1) is 35.1. The summed E-state index contributed by atoms with van der Waals surface area (Å²) in [6.45, 7) is 9.70. The Labute approximate surface area is 285 Å². The van der Waals surface area contributed by atoms with Crippen molar-refractivity contribution < 1.29 is 31.9 Å². The van der Waals surface area contributed by atoms with Crippen LogP contribution in [0.5, 0.6) is 17.2 Å². The smallest absolute Gasteiger partial charge is 0.421 e. The average molecular weight is 704 g/mol. The van der Waals surface area contributed by atoms with Crippen molar-refractivity contribution in [3.05, 3.63) is 41.6 Å². The molecule has 0 spiro atoms. The lowest BCUT2D eigenvalue weighted by atomic mass is 10.0. The minimum atomic E-state index is -4.76. The van der Waals surface area contributed by atoms with Crippen molar-refractivity contribution in [2.75, 3.05) is 89.5 Å². The number of rotatable bonds is 9. The van der Waals surface area contributed by atoms with E-state index >= 15 is 0 Å². The van der Waals surface area contributed by atoms with Crippen LogP contribution in [0, 0.1) is 6.92 Å². The maximum atomic E-state index is 14.2. The van der Waals surface area contributed by atoms with Gasteiger partial charge in [0.1, 0.15) is 37.5 Å². The molecule has 0 amide bonds. The van der Waals surface area contributed by atoms with Crippen molar-refractivity contribution in [2.45, 2.75) is 44.4 Å². The quantitative estimate of drug-likeness (QED) is 0.260. The molecule has 1 atom stereocenters.